The molecule has 1 aliphatic carbocycles. The summed E-state index contributed by atoms with van der Waals surface area (Å²) in [6.07, 6.45) is 2.31. The zero-order chi connectivity index (χ0) is 12.5. The molecule has 2 rings (SSSR count). The topological polar surface area (TPSA) is 55.5 Å². The SMILES string of the molecule is COc1ccc(F)cc1C1(N)CCC(O)CC1. The monoisotopic (exact) mass is 239 g/mol. The fourth-order valence-electron chi connectivity index (χ4n) is 2.46. The number of methoxy groups -OCH3 is 1. The molecule has 1 fully saturated rings. The summed E-state index contributed by atoms with van der Waals surface area (Å²) in [7, 11) is 1.55. The van der Waals surface area contributed by atoms with Crippen LogP contribution in [0, 0.1) is 5.82 Å². The predicted octanol–water partition coefficient (Wildman–Crippen LogP) is 1.92. The van der Waals surface area contributed by atoms with Crippen molar-refractivity contribution in [3.05, 3.63) is 29.6 Å². The molecule has 1 aromatic rings. The second-order valence-electron chi connectivity index (χ2n) is 4.73. The van der Waals surface area contributed by atoms with Gasteiger partial charge in [-0.3, -0.25) is 0 Å². The van der Waals surface area contributed by atoms with Gasteiger partial charge in [-0.25, -0.2) is 4.39 Å². The molecule has 3 nitrogen and oxygen atoms in total. The highest BCUT2D eigenvalue weighted by Crippen LogP contribution is 2.39. The first kappa shape index (κ1) is 12.3. The van der Waals surface area contributed by atoms with E-state index in [1.807, 2.05) is 0 Å². The van der Waals surface area contributed by atoms with Crippen LogP contribution in [0.2, 0.25) is 0 Å². The van der Waals surface area contributed by atoms with Gasteiger partial charge in [-0.2, -0.15) is 0 Å². The number of ether oxygens (including phenoxy) is 1. The quantitative estimate of drug-likeness (QED) is 0.829. The number of nitrogens with two attached hydrogens (primary N) is 1. The molecule has 0 spiro atoms. The molecule has 0 atom stereocenters. The van der Waals surface area contributed by atoms with Crippen molar-refractivity contribution < 1.29 is 14.2 Å². The second-order valence-corrected chi connectivity index (χ2v) is 4.73. The fraction of sp³-hybridized carbons (Fsp3) is 0.538. The van der Waals surface area contributed by atoms with E-state index in [4.69, 9.17) is 10.5 Å². The molecule has 0 bridgehead atoms. The van der Waals surface area contributed by atoms with Crippen LogP contribution in [0.4, 0.5) is 4.39 Å². The lowest BCUT2D eigenvalue weighted by Crippen LogP contribution is -2.42. The Hall–Kier alpha value is -1.13. The van der Waals surface area contributed by atoms with Crippen molar-refractivity contribution in [2.24, 2.45) is 5.73 Å². The van der Waals surface area contributed by atoms with Gasteiger partial charge in [-0.15, -0.1) is 0 Å². The molecule has 3 N–H and O–H groups in total. The van der Waals surface area contributed by atoms with E-state index in [2.05, 4.69) is 0 Å². The third-order valence-corrected chi connectivity index (χ3v) is 3.55. The number of aliphatic hydroxyl groups is 1. The van der Waals surface area contributed by atoms with Gasteiger partial charge in [0.2, 0.25) is 0 Å². The molecule has 4 heteroatoms. The van der Waals surface area contributed by atoms with Gasteiger partial charge in [0.15, 0.2) is 0 Å². The molecule has 0 unspecified atom stereocenters. The van der Waals surface area contributed by atoms with Crippen LogP contribution in [-0.2, 0) is 5.54 Å². The van der Waals surface area contributed by atoms with E-state index >= 15 is 0 Å². The average molecular weight is 239 g/mol. The predicted molar refractivity (Wildman–Crippen MR) is 63.3 cm³/mol. The van der Waals surface area contributed by atoms with E-state index in [1.165, 1.54) is 12.1 Å². The summed E-state index contributed by atoms with van der Waals surface area (Å²) in [5.74, 6) is 0.307. The minimum atomic E-state index is -0.591. The van der Waals surface area contributed by atoms with Crippen molar-refractivity contribution in [3.8, 4) is 5.75 Å². The highest BCUT2D eigenvalue weighted by molar-refractivity contribution is 5.39. The Bertz CT molecular complexity index is 400. The standard InChI is InChI=1S/C13H18FNO2/c1-17-12-3-2-9(14)8-11(12)13(15)6-4-10(16)5-7-13/h2-3,8,10,16H,4-7,15H2,1H3. The molecular weight excluding hydrogens is 221 g/mol. The van der Waals surface area contributed by atoms with Crippen molar-refractivity contribution >= 4 is 0 Å². The molecule has 1 saturated carbocycles. The lowest BCUT2D eigenvalue weighted by Gasteiger charge is -2.36. The summed E-state index contributed by atoms with van der Waals surface area (Å²) < 4.78 is 18.6. The minimum absolute atomic E-state index is 0.286. The van der Waals surface area contributed by atoms with Crippen LogP contribution >= 0.6 is 0 Å². The summed E-state index contributed by atoms with van der Waals surface area (Å²) in [5.41, 5.74) is 6.44. The molecule has 0 heterocycles. The first-order valence-corrected chi connectivity index (χ1v) is 5.86. The molecule has 1 aliphatic rings. The summed E-state index contributed by atoms with van der Waals surface area (Å²) >= 11 is 0. The van der Waals surface area contributed by atoms with E-state index in [-0.39, 0.29) is 11.9 Å². The van der Waals surface area contributed by atoms with E-state index in [0.29, 0.717) is 37.0 Å². The van der Waals surface area contributed by atoms with Gasteiger partial charge < -0.3 is 15.6 Å². The Balaban J connectivity index is 2.34. The maximum Gasteiger partial charge on any atom is 0.124 e. The van der Waals surface area contributed by atoms with Crippen molar-refractivity contribution in [1.29, 1.82) is 0 Å². The van der Waals surface area contributed by atoms with Crippen LogP contribution in [-0.4, -0.2) is 18.3 Å². The molecule has 0 saturated heterocycles. The van der Waals surface area contributed by atoms with Gasteiger partial charge in [0.05, 0.1) is 13.2 Å². The van der Waals surface area contributed by atoms with Crippen LogP contribution in [0.15, 0.2) is 18.2 Å². The van der Waals surface area contributed by atoms with Gasteiger partial charge in [0.25, 0.3) is 0 Å². The van der Waals surface area contributed by atoms with E-state index < -0.39 is 5.54 Å². The number of aliphatic hydroxyl groups excluding tert-OH is 1. The molecule has 0 aromatic heterocycles. The zero-order valence-corrected chi connectivity index (χ0v) is 9.95. The van der Waals surface area contributed by atoms with Crippen molar-refractivity contribution in [2.45, 2.75) is 37.3 Å². The Morgan fingerprint density at radius 2 is 2.06 bits per heavy atom. The average Bonchev–Trinajstić information content (AvgIpc) is 2.33. The molecule has 94 valence electrons. The minimum Gasteiger partial charge on any atom is -0.496 e. The summed E-state index contributed by atoms with van der Waals surface area (Å²) in [6.45, 7) is 0. The number of hydrogen-bond donors (Lipinski definition) is 2. The first-order chi connectivity index (χ1) is 8.05. The second kappa shape index (κ2) is 4.63. The Morgan fingerprint density at radius 3 is 2.65 bits per heavy atom. The lowest BCUT2D eigenvalue weighted by atomic mass is 9.76. The number of hydrogen-bond acceptors (Lipinski definition) is 3. The smallest absolute Gasteiger partial charge is 0.124 e. The van der Waals surface area contributed by atoms with Crippen LogP contribution < -0.4 is 10.5 Å². The van der Waals surface area contributed by atoms with Gasteiger partial charge in [-0.1, -0.05) is 0 Å². The maximum absolute atomic E-state index is 13.3. The van der Waals surface area contributed by atoms with Crippen molar-refractivity contribution in [1.82, 2.24) is 0 Å². The van der Waals surface area contributed by atoms with Gasteiger partial charge in [-0.05, 0) is 43.9 Å². The van der Waals surface area contributed by atoms with Crippen molar-refractivity contribution in [3.63, 3.8) is 0 Å². The molecular formula is C13H18FNO2. The molecule has 0 radical (unpaired) electrons. The first-order valence-electron chi connectivity index (χ1n) is 5.86. The summed E-state index contributed by atoms with van der Waals surface area (Å²) in [6, 6.07) is 4.41. The largest absolute Gasteiger partial charge is 0.496 e. The maximum atomic E-state index is 13.3. The number of halogens is 1. The van der Waals surface area contributed by atoms with E-state index in [9.17, 15) is 9.50 Å². The Labute approximate surface area is 100 Å². The molecule has 1 aromatic carbocycles. The van der Waals surface area contributed by atoms with Crippen LogP contribution in [0.1, 0.15) is 31.2 Å². The Morgan fingerprint density at radius 1 is 1.41 bits per heavy atom. The van der Waals surface area contributed by atoms with Crippen LogP contribution in [0.5, 0.6) is 5.75 Å². The number of rotatable bonds is 2. The lowest BCUT2D eigenvalue weighted by molar-refractivity contribution is 0.0959. The van der Waals surface area contributed by atoms with Crippen LogP contribution in [0.3, 0.4) is 0 Å². The molecule has 0 aliphatic heterocycles. The van der Waals surface area contributed by atoms with Gasteiger partial charge >= 0.3 is 0 Å². The normalized spacial score (nSPS) is 29.1. The van der Waals surface area contributed by atoms with Gasteiger partial charge in [0, 0.05) is 11.1 Å². The molecule has 0 amide bonds. The third kappa shape index (κ3) is 2.42. The highest BCUT2D eigenvalue weighted by Gasteiger charge is 2.35. The Kier molecular flexibility index (Phi) is 3.35. The van der Waals surface area contributed by atoms with Gasteiger partial charge in [0.1, 0.15) is 11.6 Å². The van der Waals surface area contributed by atoms with E-state index in [1.54, 1.807) is 13.2 Å². The fourth-order valence-corrected chi connectivity index (χ4v) is 2.46. The number of benzene rings is 1. The summed E-state index contributed by atoms with van der Waals surface area (Å²) in [4.78, 5) is 0. The third-order valence-electron chi connectivity index (χ3n) is 3.55. The molecule has 17 heavy (non-hydrogen) atoms. The zero-order valence-electron chi connectivity index (χ0n) is 9.95. The van der Waals surface area contributed by atoms with Crippen LogP contribution in [0.25, 0.3) is 0 Å². The summed E-state index contributed by atoms with van der Waals surface area (Å²) in [5, 5.41) is 9.51. The van der Waals surface area contributed by atoms with Crippen molar-refractivity contribution in [2.75, 3.05) is 7.11 Å². The van der Waals surface area contributed by atoms with E-state index in [0.717, 1.165) is 0 Å². The highest BCUT2D eigenvalue weighted by atomic mass is 19.1.